The lowest BCUT2D eigenvalue weighted by atomic mass is 9.85. The number of thiophene rings is 1. The van der Waals surface area contributed by atoms with E-state index >= 15 is 0 Å². The third kappa shape index (κ3) is 5.48. The molecule has 0 fully saturated rings. The van der Waals surface area contributed by atoms with Crippen LogP contribution in [-0.2, 0) is 26.8 Å². The fourth-order valence-electron chi connectivity index (χ4n) is 3.19. The fraction of sp³-hybridized carbons (Fsp3) is 0.455. The number of aliphatic hydroxyl groups is 1. The van der Waals surface area contributed by atoms with E-state index in [1.165, 1.54) is 6.07 Å². The Balaban J connectivity index is 2.36. The van der Waals surface area contributed by atoms with Crippen LogP contribution in [0.1, 0.15) is 81.2 Å². The van der Waals surface area contributed by atoms with Gasteiger partial charge in [0, 0.05) is 0 Å². The molecule has 1 heterocycles. The molecule has 0 spiro atoms. The number of hydrogen-bond donors (Lipinski definition) is 2. The van der Waals surface area contributed by atoms with Crippen molar-refractivity contribution in [1.29, 1.82) is 5.26 Å². The summed E-state index contributed by atoms with van der Waals surface area (Å²) in [6, 6.07) is 7.07. The average molecular weight is 449 g/mol. The van der Waals surface area contributed by atoms with Crippen LogP contribution in [-0.4, -0.2) is 19.4 Å². The predicted molar refractivity (Wildman–Crippen MR) is 118 cm³/mol. The number of hydrogen-bond acceptors (Lipinski definition) is 6. The monoisotopic (exact) mass is 448 g/mol. The Kier molecular flexibility index (Phi) is 7.12. The summed E-state index contributed by atoms with van der Waals surface area (Å²) < 4.78 is 27.4. The Morgan fingerprint density at radius 1 is 1.17 bits per heavy atom. The van der Waals surface area contributed by atoms with Gasteiger partial charge in [0.1, 0.15) is 4.21 Å². The molecule has 1 aromatic carbocycles. The maximum absolute atomic E-state index is 12.7. The van der Waals surface area contributed by atoms with Crippen molar-refractivity contribution in [3.05, 3.63) is 51.4 Å². The number of nitriles is 1. The number of carbonyl (C=O) groups excluding carboxylic acids is 1. The number of nitrogens with zero attached hydrogens (tertiary/aromatic N) is 1. The minimum absolute atomic E-state index is 0.0269. The number of nitrogens with one attached hydrogen (secondary N) is 1. The molecule has 6 nitrogen and oxygen atoms in total. The topological polar surface area (TPSA) is 107 Å². The largest absolute Gasteiger partial charge is 0.386 e. The van der Waals surface area contributed by atoms with Crippen molar-refractivity contribution in [2.24, 2.45) is 0 Å². The molecule has 0 aliphatic rings. The van der Waals surface area contributed by atoms with Gasteiger partial charge in [0.15, 0.2) is 0 Å². The van der Waals surface area contributed by atoms with Gasteiger partial charge in [-0.15, -0.1) is 11.3 Å². The number of sulfonamides is 1. The Labute approximate surface area is 182 Å². The molecule has 2 aromatic rings. The van der Waals surface area contributed by atoms with Crippen molar-refractivity contribution in [3.63, 3.8) is 0 Å². The van der Waals surface area contributed by atoms with Crippen LogP contribution in [0.4, 0.5) is 0 Å². The van der Waals surface area contributed by atoms with Crippen LogP contribution >= 0.6 is 11.3 Å². The average Bonchev–Trinajstić information content (AvgIpc) is 3.12. The molecule has 0 saturated heterocycles. The first-order valence-electron chi connectivity index (χ1n) is 9.70. The molecule has 2 N–H and O–H groups in total. The van der Waals surface area contributed by atoms with E-state index in [2.05, 4.69) is 10.8 Å². The number of carbonyl (C=O) groups is 1. The van der Waals surface area contributed by atoms with Crippen LogP contribution in [0.15, 0.2) is 27.8 Å². The van der Waals surface area contributed by atoms with Gasteiger partial charge in [-0.3, -0.25) is 4.79 Å². The van der Waals surface area contributed by atoms with Crippen molar-refractivity contribution in [2.75, 3.05) is 0 Å². The zero-order valence-corrected chi connectivity index (χ0v) is 19.7. The summed E-state index contributed by atoms with van der Waals surface area (Å²) in [6.45, 7) is 11.0. The highest BCUT2D eigenvalue weighted by molar-refractivity contribution is 7.92. The van der Waals surface area contributed by atoms with E-state index in [1.807, 2.05) is 27.7 Å². The van der Waals surface area contributed by atoms with Gasteiger partial charge in [-0.1, -0.05) is 27.7 Å². The van der Waals surface area contributed by atoms with Crippen LogP contribution in [0, 0.1) is 11.3 Å². The molecule has 1 aromatic heterocycles. The van der Waals surface area contributed by atoms with E-state index in [-0.39, 0.29) is 22.5 Å². The molecule has 0 atom stereocenters. The van der Waals surface area contributed by atoms with E-state index in [1.54, 1.807) is 31.4 Å². The van der Waals surface area contributed by atoms with Crippen LogP contribution < -0.4 is 4.72 Å². The first-order chi connectivity index (χ1) is 13.8. The van der Waals surface area contributed by atoms with Crippen molar-refractivity contribution >= 4 is 27.3 Å². The first-order valence-corrected chi connectivity index (χ1v) is 12.1. The fourth-order valence-corrected chi connectivity index (χ4v) is 5.52. The molecule has 0 unspecified atom stereocenters. The minimum Gasteiger partial charge on any atom is -0.386 e. The quantitative estimate of drug-likeness (QED) is 0.662. The van der Waals surface area contributed by atoms with Crippen LogP contribution in [0.25, 0.3) is 0 Å². The molecular formula is C22H28N2O4S2. The van der Waals surface area contributed by atoms with Crippen molar-refractivity contribution in [1.82, 2.24) is 4.72 Å². The first kappa shape index (κ1) is 24.1. The molecule has 0 radical (unpaired) electrons. The normalized spacial score (nSPS) is 12.3. The molecule has 8 heteroatoms. The molecule has 0 saturated carbocycles. The lowest BCUT2D eigenvalue weighted by Gasteiger charge is -2.20. The van der Waals surface area contributed by atoms with E-state index in [0.717, 1.165) is 28.0 Å². The van der Waals surface area contributed by atoms with Crippen molar-refractivity contribution < 1.29 is 18.3 Å². The second-order valence-electron chi connectivity index (χ2n) is 8.47. The third-order valence-electron chi connectivity index (χ3n) is 4.82. The number of benzene rings is 1. The molecule has 1 amide bonds. The van der Waals surface area contributed by atoms with Crippen LogP contribution in [0.3, 0.4) is 0 Å². The zero-order valence-electron chi connectivity index (χ0n) is 18.1. The summed E-state index contributed by atoms with van der Waals surface area (Å²) in [5, 5.41) is 21.0. The molecular weight excluding hydrogens is 420 g/mol. The summed E-state index contributed by atoms with van der Waals surface area (Å²) >= 11 is 0.954. The van der Waals surface area contributed by atoms with Gasteiger partial charge in [-0.05, 0) is 71.5 Å². The molecule has 0 aliphatic carbocycles. The highest BCUT2D eigenvalue weighted by Crippen LogP contribution is 2.31. The Hall–Kier alpha value is -2.21. The maximum Gasteiger partial charge on any atom is 0.273 e. The van der Waals surface area contributed by atoms with Gasteiger partial charge in [-0.2, -0.15) is 5.26 Å². The van der Waals surface area contributed by atoms with E-state index < -0.39 is 21.5 Å². The highest BCUT2D eigenvalue weighted by Gasteiger charge is 2.26. The van der Waals surface area contributed by atoms with Crippen LogP contribution in [0.2, 0.25) is 0 Å². The Bertz CT molecular complexity index is 1060. The van der Waals surface area contributed by atoms with Crippen molar-refractivity contribution in [3.8, 4) is 6.07 Å². The summed E-state index contributed by atoms with van der Waals surface area (Å²) in [5.41, 5.74) is 2.31. The van der Waals surface area contributed by atoms with E-state index in [4.69, 9.17) is 0 Å². The summed E-state index contributed by atoms with van der Waals surface area (Å²) in [5.74, 6) is -0.495. The molecule has 2 rings (SSSR count). The lowest BCUT2D eigenvalue weighted by Crippen LogP contribution is -2.32. The Morgan fingerprint density at radius 2 is 1.70 bits per heavy atom. The highest BCUT2D eigenvalue weighted by atomic mass is 32.2. The second-order valence-corrected chi connectivity index (χ2v) is 11.3. The zero-order chi connectivity index (χ0) is 22.9. The summed E-state index contributed by atoms with van der Waals surface area (Å²) in [4.78, 5) is 12.7. The Morgan fingerprint density at radius 3 is 2.10 bits per heavy atom. The lowest BCUT2D eigenvalue weighted by molar-refractivity contribution is -0.118. The van der Waals surface area contributed by atoms with E-state index in [9.17, 15) is 23.6 Å². The smallest absolute Gasteiger partial charge is 0.273 e. The van der Waals surface area contributed by atoms with Gasteiger partial charge in [0.25, 0.3) is 10.0 Å². The van der Waals surface area contributed by atoms with Gasteiger partial charge < -0.3 is 5.11 Å². The van der Waals surface area contributed by atoms with E-state index in [0.29, 0.717) is 11.1 Å². The van der Waals surface area contributed by atoms with Gasteiger partial charge in [0.05, 0.1) is 23.7 Å². The third-order valence-corrected chi connectivity index (χ3v) is 7.64. The van der Waals surface area contributed by atoms with Gasteiger partial charge in [-0.25, -0.2) is 13.1 Å². The van der Waals surface area contributed by atoms with Gasteiger partial charge >= 0.3 is 0 Å². The number of amides is 1. The SMILES string of the molecule is CC(C)c1cc(C#N)cc(C(C)C)c1CC(=O)NS(=O)(=O)c1cc(C(C)(C)O)cs1. The van der Waals surface area contributed by atoms with Crippen molar-refractivity contribution in [2.45, 2.75) is 69.6 Å². The standard InChI is InChI=1S/C22H28N2O4S2/c1-13(2)17-7-15(11-23)8-18(14(3)4)19(17)10-20(25)24-30(27,28)21-9-16(12-29-21)22(5,6)26/h7-9,12-14,26H,10H2,1-6H3,(H,24,25). The minimum atomic E-state index is -4.04. The molecule has 162 valence electrons. The second kappa shape index (κ2) is 8.88. The van der Waals surface area contributed by atoms with Gasteiger partial charge in [0.2, 0.25) is 5.91 Å². The maximum atomic E-state index is 12.7. The summed E-state index contributed by atoms with van der Waals surface area (Å²) in [7, 11) is -4.04. The summed E-state index contributed by atoms with van der Waals surface area (Å²) in [6.07, 6.45) is -0.101. The molecule has 0 bridgehead atoms. The molecule has 30 heavy (non-hydrogen) atoms. The number of rotatable bonds is 7. The van der Waals surface area contributed by atoms with Crippen LogP contribution in [0.5, 0.6) is 0 Å². The molecule has 0 aliphatic heterocycles. The predicted octanol–water partition coefficient (Wildman–Crippen LogP) is 4.14.